The Balaban J connectivity index is 1.59. The number of hydrogen-bond acceptors (Lipinski definition) is 7. The molecule has 1 saturated carbocycles. The van der Waals surface area contributed by atoms with Gasteiger partial charge in [0, 0.05) is 13.7 Å². The first-order valence-electron chi connectivity index (χ1n) is 11.3. The molecule has 12 heteroatoms. The Morgan fingerprint density at radius 2 is 1.89 bits per heavy atom. The van der Waals surface area contributed by atoms with Crippen molar-refractivity contribution in [1.29, 1.82) is 0 Å². The molecule has 1 saturated heterocycles. The van der Waals surface area contributed by atoms with Crippen molar-refractivity contribution >= 4 is 29.4 Å². The van der Waals surface area contributed by atoms with E-state index in [0.717, 1.165) is 27.9 Å². The number of rotatable bonds is 10. The minimum Gasteiger partial charge on any atom is -0.383 e. The lowest BCUT2D eigenvalue weighted by Crippen LogP contribution is -2.46. The van der Waals surface area contributed by atoms with E-state index in [4.69, 9.17) is 4.74 Å². The Morgan fingerprint density at radius 3 is 2.54 bits per heavy atom. The first kappa shape index (κ1) is 24.2. The molecule has 2 aliphatic rings. The second kappa shape index (κ2) is 9.74. The first-order valence-corrected chi connectivity index (χ1v) is 11.3. The number of carbonyl (C=O) groups excluding carboxylic acids is 3. The third-order valence-corrected chi connectivity index (χ3v) is 6.29. The summed E-state index contributed by atoms with van der Waals surface area (Å²) in [5, 5.41) is 8.22. The zero-order valence-corrected chi connectivity index (χ0v) is 19.6. The molecule has 2 aromatic rings. The molecule has 4 rings (SSSR count). The molecule has 1 aromatic heterocycles. The van der Waals surface area contributed by atoms with Gasteiger partial charge in [0.15, 0.2) is 0 Å². The van der Waals surface area contributed by atoms with Crippen LogP contribution in [0.3, 0.4) is 0 Å². The van der Waals surface area contributed by atoms with Gasteiger partial charge in [0.05, 0.1) is 13.2 Å². The normalized spacial score (nSPS) is 19.5. The molecule has 0 radical (unpaired) electrons. The van der Waals surface area contributed by atoms with E-state index in [1.807, 2.05) is 30.3 Å². The maximum atomic E-state index is 13.0. The van der Waals surface area contributed by atoms with Crippen molar-refractivity contribution in [3.05, 3.63) is 56.7 Å². The average Bonchev–Trinajstić information content (AvgIpc) is 3.65. The summed E-state index contributed by atoms with van der Waals surface area (Å²) in [6, 6.07) is 8.61. The number of anilines is 2. The zero-order valence-electron chi connectivity index (χ0n) is 19.6. The van der Waals surface area contributed by atoms with Gasteiger partial charge in [-0.3, -0.25) is 28.8 Å². The quantitative estimate of drug-likeness (QED) is 0.357. The molecule has 1 aliphatic carbocycles. The minimum atomic E-state index is -1.02. The number of carbonyl (C=O) groups is 3. The lowest BCUT2D eigenvalue weighted by molar-refractivity contribution is -0.134. The van der Waals surface area contributed by atoms with Gasteiger partial charge in [0.2, 0.25) is 5.91 Å². The second-order valence-corrected chi connectivity index (χ2v) is 8.81. The highest BCUT2D eigenvalue weighted by Crippen LogP contribution is 2.42. The van der Waals surface area contributed by atoms with Crippen LogP contribution in [0.1, 0.15) is 25.3 Å². The van der Waals surface area contributed by atoms with Crippen LogP contribution in [-0.2, 0) is 27.4 Å². The predicted octanol–water partition coefficient (Wildman–Crippen LogP) is 0.454. The fraction of sp³-hybridized carbons (Fsp3) is 0.435. The van der Waals surface area contributed by atoms with Crippen LogP contribution in [-0.4, -0.2) is 58.1 Å². The van der Waals surface area contributed by atoms with Crippen LogP contribution in [0.5, 0.6) is 0 Å². The maximum Gasteiger partial charge on any atom is 0.330 e. The Kier molecular flexibility index (Phi) is 6.74. The molecular formula is C23H28N6O6. The second-order valence-electron chi connectivity index (χ2n) is 8.81. The van der Waals surface area contributed by atoms with Crippen LogP contribution in [0, 0.1) is 5.92 Å². The maximum absolute atomic E-state index is 13.0. The number of ether oxygens (including phenoxy) is 1. The molecule has 1 atom stereocenters. The zero-order chi connectivity index (χ0) is 25.2. The topological polar surface area (TPSA) is 155 Å². The number of amides is 4. The van der Waals surface area contributed by atoms with Gasteiger partial charge in [-0.15, -0.1) is 0 Å². The monoisotopic (exact) mass is 484 g/mol. The van der Waals surface area contributed by atoms with E-state index in [9.17, 15) is 24.0 Å². The van der Waals surface area contributed by atoms with Gasteiger partial charge in [-0.05, 0) is 31.2 Å². The van der Waals surface area contributed by atoms with Gasteiger partial charge in [0.1, 0.15) is 23.6 Å². The highest BCUT2D eigenvalue weighted by atomic mass is 16.5. The summed E-state index contributed by atoms with van der Waals surface area (Å²) < 4.78 is 6.22. The Bertz CT molecular complexity index is 1250. The molecule has 2 fully saturated rings. The van der Waals surface area contributed by atoms with Crippen LogP contribution in [0.15, 0.2) is 39.9 Å². The summed E-state index contributed by atoms with van der Waals surface area (Å²) in [6.07, 6.45) is 1.66. The van der Waals surface area contributed by atoms with Crippen molar-refractivity contribution in [2.75, 3.05) is 30.9 Å². The van der Waals surface area contributed by atoms with Crippen molar-refractivity contribution in [2.45, 2.75) is 38.4 Å². The van der Waals surface area contributed by atoms with E-state index in [1.165, 1.54) is 7.11 Å². The molecule has 1 unspecified atom stereocenters. The third kappa shape index (κ3) is 4.97. The highest BCUT2D eigenvalue weighted by Gasteiger charge is 2.56. The number of nitrogens with one attached hydrogen (secondary N) is 4. The third-order valence-electron chi connectivity index (χ3n) is 6.29. The Labute approximate surface area is 200 Å². The van der Waals surface area contributed by atoms with E-state index in [1.54, 1.807) is 6.92 Å². The van der Waals surface area contributed by atoms with E-state index in [0.29, 0.717) is 0 Å². The summed E-state index contributed by atoms with van der Waals surface area (Å²) in [6.45, 7) is 1.54. The van der Waals surface area contributed by atoms with Gasteiger partial charge in [0.25, 0.3) is 11.5 Å². The van der Waals surface area contributed by atoms with Crippen molar-refractivity contribution in [1.82, 2.24) is 19.8 Å². The molecule has 12 nitrogen and oxygen atoms in total. The number of nitrogens with zero attached hydrogens (tertiary/aromatic N) is 2. The molecule has 2 heterocycles. The lowest BCUT2D eigenvalue weighted by atomic mass is 9.96. The number of aromatic amines is 1. The molecule has 35 heavy (non-hydrogen) atoms. The van der Waals surface area contributed by atoms with Gasteiger partial charge < -0.3 is 20.7 Å². The summed E-state index contributed by atoms with van der Waals surface area (Å²) in [5.74, 6) is -1.22. The average molecular weight is 485 g/mol. The van der Waals surface area contributed by atoms with E-state index in [-0.39, 0.29) is 37.1 Å². The molecule has 186 valence electrons. The summed E-state index contributed by atoms with van der Waals surface area (Å²) in [5.41, 5.74) is -1.63. The number of H-pyrrole nitrogens is 1. The summed E-state index contributed by atoms with van der Waals surface area (Å²) in [7, 11) is 1.46. The Hall–Kier alpha value is -3.93. The number of hydrogen-bond donors (Lipinski definition) is 4. The molecule has 0 bridgehead atoms. The van der Waals surface area contributed by atoms with Crippen molar-refractivity contribution in [2.24, 2.45) is 5.92 Å². The highest BCUT2D eigenvalue weighted by molar-refractivity contribution is 6.10. The smallest absolute Gasteiger partial charge is 0.330 e. The molecule has 1 aromatic carbocycles. The molecular weight excluding hydrogens is 456 g/mol. The predicted molar refractivity (Wildman–Crippen MR) is 127 cm³/mol. The van der Waals surface area contributed by atoms with E-state index < -0.39 is 41.2 Å². The van der Waals surface area contributed by atoms with Gasteiger partial charge in [-0.2, -0.15) is 0 Å². The molecule has 0 spiro atoms. The number of benzene rings is 1. The van der Waals surface area contributed by atoms with Gasteiger partial charge in [-0.1, -0.05) is 30.3 Å². The van der Waals surface area contributed by atoms with E-state index >= 15 is 0 Å². The van der Waals surface area contributed by atoms with Crippen molar-refractivity contribution in [3.63, 3.8) is 0 Å². The summed E-state index contributed by atoms with van der Waals surface area (Å²) in [4.78, 5) is 66.6. The number of methoxy groups -OCH3 is 1. The van der Waals surface area contributed by atoms with Crippen LogP contribution >= 0.6 is 0 Å². The standard InChI is InChI=1S/C23H28N6O6/c1-23(15-8-9-15)20(32)29(22(34)27-23)13-16(30)25-18-17(24-12-14-6-4-3-5-7-14)19(31)26-21(33)28(18)10-11-35-2/h3-7,15,24H,8-13H2,1-2H3,(H,25,30)(H,27,34)(H,26,31,33). The van der Waals surface area contributed by atoms with Crippen LogP contribution in [0.4, 0.5) is 16.3 Å². The van der Waals surface area contributed by atoms with Crippen molar-refractivity contribution in [3.8, 4) is 0 Å². The number of aromatic nitrogens is 2. The first-order chi connectivity index (χ1) is 16.7. The SMILES string of the molecule is COCCn1c(NC(=O)CN2C(=O)NC(C)(C3CC3)C2=O)c(NCc2ccccc2)c(=O)[nH]c1=O. The molecule has 4 N–H and O–H groups in total. The fourth-order valence-electron chi connectivity index (χ4n) is 4.16. The largest absolute Gasteiger partial charge is 0.383 e. The van der Waals surface area contributed by atoms with Crippen LogP contribution < -0.4 is 27.2 Å². The minimum absolute atomic E-state index is 0.0297. The van der Waals surface area contributed by atoms with Crippen LogP contribution in [0.2, 0.25) is 0 Å². The van der Waals surface area contributed by atoms with E-state index in [2.05, 4.69) is 20.9 Å². The van der Waals surface area contributed by atoms with Crippen LogP contribution in [0.25, 0.3) is 0 Å². The fourth-order valence-corrected chi connectivity index (χ4v) is 4.16. The molecule has 1 aliphatic heterocycles. The Morgan fingerprint density at radius 1 is 1.17 bits per heavy atom. The number of imide groups is 1. The van der Waals surface area contributed by atoms with Gasteiger partial charge in [-0.25, -0.2) is 9.59 Å². The summed E-state index contributed by atoms with van der Waals surface area (Å²) >= 11 is 0. The molecule has 4 amide bonds. The number of urea groups is 1. The van der Waals surface area contributed by atoms with Crippen molar-refractivity contribution < 1.29 is 19.1 Å². The lowest BCUT2D eigenvalue weighted by Gasteiger charge is -2.21. The van der Waals surface area contributed by atoms with Gasteiger partial charge >= 0.3 is 11.7 Å².